The average Bonchev–Trinajstić information content (AvgIpc) is 2.31. The summed E-state index contributed by atoms with van der Waals surface area (Å²) in [5.41, 5.74) is 10.4. The Labute approximate surface area is 104 Å². The number of aliphatic hydroxyl groups excluding tert-OH is 4. The molecule has 1 amide bonds. The molecule has 0 aromatic rings. The van der Waals surface area contributed by atoms with Gasteiger partial charge in [0, 0.05) is 5.57 Å². The lowest BCUT2D eigenvalue weighted by molar-refractivity contribution is -0.248. The first-order valence-electron chi connectivity index (χ1n) is 5.23. The SMILES string of the molecule is C=C(C)C(N)=O.N[C@@H]1[C@@H](O)[C@H](O)[C@@H](CO)O[C@H]1O. The molecule has 0 aromatic carbocycles. The van der Waals surface area contributed by atoms with Crippen LogP contribution in [-0.4, -0.2) is 63.6 Å². The van der Waals surface area contributed by atoms with E-state index in [2.05, 4.69) is 6.58 Å². The zero-order valence-electron chi connectivity index (χ0n) is 10.1. The molecule has 0 aliphatic carbocycles. The molecule has 8 heteroatoms. The molecule has 1 aliphatic rings. The van der Waals surface area contributed by atoms with Crippen molar-refractivity contribution in [3.8, 4) is 0 Å². The van der Waals surface area contributed by atoms with Gasteiger partial charge in [-0.25, -0.2) is 0 Å². The van der Waals surface area contributed by atoms with Crippen molar-refractivity contribution >= 4 is 5.91 Å². The number of aliphatic hydroxyl groups is 4. The first-order valence-corrected chi connectivity index (χ1v) is 5.23. The molecular formula is C10H20N2O6. The second-order valence-corrected chi connectivity index (χ2v) is 3.95. The molecule has 1 aliphatic heterocycles. The maximum Gasteiger partial charge on any atom is 0.243 e. The molecule has 0 spiro atoms. The lowest BCUT2D eigenvalue weighted by atomic mass is 9.98. The van der Waals surface area contributed by atoms with Crippen LogP contribution in [0.5, 0.6) is 0 Å². The molecule has 0 aromatic heterocycles. The second-order valence-electron chi connectivity index (χ2n) is 3.95. The van der Waals surface area contributed by atoms with Crippen molar-refractivity contribution in [3.05, 3.63) is 12.2 Å². The molecule has 106 valence electrons. The topological polar surface area (TPSA) is 159 Å². The van der Waals surface area contributed by atoms with E-state index in [0.717, 1.165) is 0 Å². The summed E-state index contributed by atoms with van der Waals surface area (Å²) in [6.07, 6.45) is -4.85. The molecule has 5 atom stereocenters. The predicted octanol–water partition coefficient (Wildman–Crippen LogP) is -3.21. The Morgan fingerprint density at radius 3 is 2.11 bits per heavy atom. The van der Waals surface area contributed by atoms with Crippen molar-refractivity contribution < 1.29 is 30.0 Å². The van der Waals surface area contributed by atoms with Crippen LogP contribution in [0.15, 0.2) is 12.2 Å². The third kappa shape index (κ3) is 4.69. The molecule has 8 N–H and O–H groups in total. The fraction of sp³-hybridized carbons (Fsp3) is 0.700. The standard InChI is InChI=1S/C6H13NO5.C4H7NO/c7-3-5(10)4(9)2(1-8)12-6(3)11;1-3(2)4(5)6/h2-6,8-11H,1,7H2;1H2,2H3,(H2,5,6)/t2-,3-,4-,5-,6-;/m1./s1. The average molecular weight is 264 g/mol. The van der Waals surface area contributed by atoms with E-state index in [-0.39, 0.29) is 0 Å². The quantitative estimate of drug-likeness (QED) is 0.286. The van der Waals surface area contributed by atoms with Crippen molar-refractivity contribution in [3.63, 3.8) is 0 Å². The van der Waals surface area contributed by atoms with Crippen LogP contribution in [0.3, 0.4) is 0 Å². The summed E-state index contributed by atoms with van der Waals surface area (Å²) in [5, 5.41) is 36.1. The Morgan fingerprint density at radius 1 is 1.33 bits per heavy atom. The largest absolute Gasteiger partial charge is 0.394 e. The van der Waals surface area contributed by atoms with Crippen LogP contribution >= 0.6 is 0 Å². The Kier molecular flexibility index (Phi) is 6.99. The lowest BCUT2D eigenvalue weighted by Gasteiger charge is -2.38. The molecule has 18 heavy (non-hydrogen) atoms. The fourth-order valence-electron chi connectivity index (χ4n) is 1.12. The minimum Gasteiger partial charge on any atom is -0.394 e. The summed E-state index contributed by atoms with van der Waals surface area (Å²) in [7, 11) is 0. The van der Waals surface area contributed by atoms with E-state index >= 15 is 0 Å². The van der Waals surface area contributed by atoms with Gasteiger partial charge < -0.3 is 36.6 Å². The van der Waals surface area contributed by atoms with Crippen molar-refractivity contribution in [1.82, 2.24) is 0 Å². The van der Waals surface area contributed by atoms with Crippen LogP contribution in [0.4, 0.5) is 0 Å². The van der Waals surface area contributed by atoms with E-state index in [0.29, 0.717) is 5.57 Å². The number of hydrogen-bond acceptors (Lipinski definition) is 7. The van der Waals surface area contributed by atoms with E-state index in [4.69, 9.17) is 26.4 Å². The van der Waals surface area contributed by atoms with E-state index in [1.807, 2.05) is 0 Å². The van der Waals surface area contributed by atoms with Gasteiger partial charge in [-0.15, -0.1) is 0 Å². The highest BCUT2D eigenvalue weighted by atomic mass is 16.6. The van der Waals surface area contributed by atoms with Crippen LogP contribution in [0.2, 0.25) is 0 Å². The van der Waals surface area contributed by atoms with Gasteiger partial charge in [0.05, 0.1) is 12.6 Å². The first kappa shape index (κ1) is 17.0. The molecule has 1 heterocycles. The molecule has 0 saturated carbocycles. The van der Waals surface area contributed by atoms with Gasteiger partial charge in [0.15, 0.2) is 6.29 Å². The third-order valence-corrected chi connectivity index (χ3v) is 2.37. The maximum atomic E-state index is 9.82. The summed E-state index contributed by atoms with van der Waals surface area (Å²) in [6.45, 7) is 4.38. The lowest BCUT2D eigenvalue weighted by Crippen LogP contribution is -2.61. The minimum absolute atomic E-state index is 0.398. The Hall–Kier alpha value is -1.03. The molecule has 1 rings (SSSR count). The second kappa shape index (κ2) is 7.41. The molecular weight excluding hydrogens is 244 g/mol. The fourth-order valence-corrected chi connectivity index (χ4v) is 1.12. The maximum absolute atomic E-state index is 9.82. The first-order chi connectivity index (χ1) is 8.22. The number of rotatable bonds is 2. The van der Waals surface area contributed by atoms with Gasteiger partial charge in [-0.05, 0) is 6.92 Å². The number of amides is 1. The van der Waals surface area contributed by atoms with E-state index in [9.17, 15) is 15.0 Å². The van der Waals surface area contributed by atoms with E-state index in [1.54, 1.807) is 6.92 Å². The number of carbonyl (C=O) groups excluding carboxylic acids is 1. The van der Waals surface area contributed by atoms with Gasteiger partial charge >= 0.3 is 0 Å². The Balaban J connectivity index is 0.000000411. The molecule has 0 bridgehead atoms. The number of nitrogens with two attached hydrogens (primary N) is 2. The summed E-state index contributed by atoms with van der Waals surface area (Å²) in [4.78, 5) is 9.82. The van der Waals surface area contributed by atoms with Crippen molar-refractivity contribution in [2.75, 3.05) is 6.61 Å². The summed E-state index contributed by atoms with van der Waals surface area (Å²) >= 11 is 0. The monoisotopic (exact) mass is 264 g/mol. The highest BCUT2D eigenvalue weighted by Crippen LogP contribution is 2.17. The summed E-state index contributed by atoms with van der Waals surface area (Å²) in [6, 6.07) is -1.04. The van der Waals surface area contributed by atoms with Gasteiger partial charge in [0.25, 0.3) is 0 Å². The van der Waals surface area contributed by atoms with Crippen molar-refractivity contribution in [1.29, 1.82) is 0 Å². The normalized spacial score (nSPS) is 35.3. The molecule has 1 saturated heterocycles. The van der Waals surface area contributed by atoms with Crippen LogP contribution in [0.1, 0.15) is 6.92 Å². The number of primary amides is 1. The third-order valence-electron chi connectivity index (χ3n) is 2.37. The van der Waals surface area contributed by atoms with Crippen molar-refractivity contribution in [2.24, 2.45) is 11.5 Å². The van der Waals surface area contributed by atoms with Crippen molar-refractivity contribution in [2.45, 2.75) is 37.6 Å². The van der Waals surface area contributed by atoms with Gasteiger partial charge in [-0.3, -0.25) is 4.79 Å². The van der Waals surface area contributed by atoms with E-state index in [1.165, 1.54) is 0 Å². The van der Waals surface area contributed by atoms with Gasteiger partial charge in [-0.2, -0.15) is 0 Å². The molecule has 1 fully saturated rings. The van der Waals surface area contributed by atoms with Crippen LogP contribution < -0.4 is 11.5 Å². The molecule has 0 radical (unpaired) electrons. The number of ether oxygens (including phenoxy) is 1. The Morgan fingerprint density at radius 2 is 1.78 bits per heavy atom. The zero-order valence-corrected chi connectivity index (χ0v) is 10.1. The molecule has 8 nitrogen and oxygen atoms in total. The van der Waals surface area contributed by atoms with Gasteiger partial charge in [0.1, 0.15) is 18.3 Å². The number of carbonyl (C=O) groups is 1. The smallest absolute Gasteiger partial charge is 0.243 e. The van der Waals surface area contributed by atoms with Crippen LogP contribution in [0, 0.1) is 0 Å². The molecule has 0 unspecified atom stereocenters. The van der Waals surface area contributed by atoms with Gasteiger partial charge in [0.2, 0.25) is 5.91 Å². The summed E-state index contributed by atoms with van der Waals surface area (Å²) < 4.78 is 4.70. The minimum atomic E-state index is -1.35. The highest BCUT2D eigenvalue weighted by molar-refractivity contribution is 5.90. The zero-order chi connectivity index (χ0) is 14.5. The highest BCUT2D eigenvalue weighted by Gasteiger charge is 2.41. The number of hydrogen-bond donors (Lipinski definition) is 6. The van der Waals surface area contributed by atoms with Crippen LogP contribution in [-0.2, 0) is 9.53 Å². The van der Waals surface area contributed by atoms with Crippen LogP contribution in [0.25, 0.3) is 0 Å². The van der Waals surface area contributed by atoms with Gasteiger partial charge in [-0.1, -0.05) is 6.58 Å². The predicted molar refractivity (Wildman–Crippen MR) is 62.0 cm³/mol. The van der Waals surface area contributed by atoms with E-state index < -0.39 is 43.2 Å². The Bertz CT molecular complexity index is 281. The summed E-state index contributed by atoms with van der Waals surface area (Å²) in [5.74, 6) is -0.435.